The summed E-state index contributed by atoms with van der Waals surface area (Å²) in [6.07, 6.45) is 1.21. The molecule has 0 bridgehead atoms. The van der Waals surface area contributed by atoms with E-state index in [1.807, 2.05) is 0 Å². The molecular weight excluding hydrogens is 226 g/mol. The van der Waals surface area contributed by atoms with Gasteiger partial charge in [0.1, 0.15) is 23.7 Å². The molecule has 1 aromatic heterocycles. The van der Waals surface area contributed by atoms with Gasteiger partial charge in [0, 0.05) is 13.5 Å². The number of methoxy groups -OCH3 is 2. The average molecular weight is 239 g/mol. The van der Waals surface area contributed by atoms with E-state index in [2.05, 4.69) is 9.72 Å². The number of ether oxygens (including phenoxy) is 2. The van der Waals surface area contributed by atoms with Gasteiger partial charge in [0.05, 0.1) is 13.3 Å². The van der Waals surface area contributed by atoms with Crippen LogP contribution in [0.1, 0.15) is 24.4 Å². The second-order valence-corrected chi connectivity index (χ2v) is 3.75. The minimum Gasteiger partial charge on any atom is -0.467 e. The van der Waals surface area contributed by atoms with Gasteiger partial charge in [-0.15, -0.1) is 0 Å². The van der Waals surface area contributed by atoms with Crippen LogP contribution in [0.2, 0.25) is 0 Å². The van der Waals surface area contributed by atoms with E-state index in [9.17, 15) is 9.59 Å². The smallest absolute Gasteiger partial charge is 0.329 e. The van der Waals surface area contributed by atoms with Crippen LogP contribution in [0.3, 0.4) is 0 Å². The van der Waals surface area contributed by atoms with Crippen molar-refractivity contribution in [2.45, 2.75) is 18.6 Å². The first-order valence-corrected chi connectivity index (χ1v) is 5.07. The van der Waals surface area contributed by atoms with Gasteiger partial charge < -0.3 is 15.2 Å². The van der Waals surface area contributed by atoms with E-state index in [0.717, 1.165) is 0 Å². The third-order valence-electron chi connectivity index (χ3n) is 2.84. The molecular formula is C10H13N3O4. The average Bonchev–Trinajstić information content (AvgIpc) is 2.72. The Bertz CT molecular complexity index is 511. The minimum atomic E-state index is -0.719. The van der Waals surface area contributed by atoms with Crippen LogP contribution >= 0.6 is 0 Å². The largest absolute Gasteiger partial charge is 0.467 e. The minimum absolute atomic E-state index is 0.000550. The Balaban J connectivity index is 2.58. The van der Waals surface area contributed by atoms with Crippen LogP contribution in [0.25, 0.3) is 0 Å². The van der Waals surface area contributed by atoms with Crippen molar-refractivity contribution in [2.24, 2.45) is 0 Å². The molecule has 0 radical (unpaired) electrons. The number of anilines is 1. The first-order chi connectivity index (χ1) is 8.10. The Kier molecular flexibility index (Phi) is 2.84. The van der Waals surface area contributed by atoms with Crippen molar-refractivity contribution < 1.29 is 14.3 Å². The third-order valence-corrected chi connectivity index (χ3v) is 2.84. The molecule has 2 unspecified atom stereocenters. The molecule has 92 valence electrons. The molecule has 2 heterocycles. The fraction of sp³-hybridized carbons (Fsp3) is 0.500. The molecule has 0 fully saturated rings. The van der Waals surface area contributed by atoms with Crippen molar-refractivity contribution in [3.8, 4) is 0 Å². The SMILES string of the molecule is COC(=O)C1CC(OC)c2ncc(N)c(=O)n21. The van der Waals surface area contributed by atoms with Crippen LogP contribution in [0.4, 0.5) is 5.69 Å². The van der Waals surface area contributed by atoms with Crippen LogP contribution in [0, 0.1) is 0 Å². The predicted molar refractivity (Wildman–Crippen MR) is 58.3 cm³/mol. The zero-order chi connectivity index (χ0) is 12.6. The second kappa shape index (κ2) is 4.17. The molecule has 17 heavy (non-hydrogen) atoms. The Morgan fingerprint density at radius 1 is 1.59 bits per heavy atom. The highest BCUT2D eigenvalue weighted by molar-refractivity contribution is 5.75. The van der Waals surface area contributed by atoms with Crippen molar-refractivity contribution >= 4 is 11.7 Å². The maximum Gasteiger partial charge on any atom is 0.329 e. The number of aromatic nitrogens is 2. The summed E-state index contributed by atoms with van der Waals surface area (Å²) in [7, 11) is 2.77. The van der Waals surface area contributed by atoms with Crippen molar-refractivity contribution in [3.63, 3.8) is 0 Å². The van der Waals surface area contributed by atoms with Gasteiger partial charge in [0.25, 0.3) is 5.56 Å². The summed E-state index contributed by atoms with van der Waals surface area (Å²) in [4.78, 5) is 27.5. The lowest BCUT2D eigenvalue weighted by Gasteiger charge is -2.11. The number of hydrogen-bond donors (Lipinski definition) is 1. The number of carbonyl (C=O) groups is 1. The highest BCUT2D eigenvalue weighted by Gasteiger charge is 2.38. The molecule has 7 nitrogen and oxygen atoms in total. The molecule has 1 aromatic rings. The Morgan fingerprint density at radius 3 is 2.88 bits per heavy atom. The highest BCUT2D eigenvalue weighted by atomic mass is 16.5. The van der Waals surface area contributed by atoms with Crippen LogP contribution in [0.15, 0.2) is 11.0 Å². The molecule has 2 N–H and O–H groups in total. The first-order valence-electron chi connectivity index (χ1n) is 5.07. The fourth-order valence-corrected chi connectivity index (χ4v) is 1.99. The van der Waals surface area contributed by atoms with Crippen molar-refractivity contribution in [3.05, 3.63) is 22.4 Å². The number of hydrogen-bond acceptors (Lipinski definition) is 6. The molecule has 7 heteroatoms. The standard InChI is InChI=1S/C10H13N3O4/c1-16-7-3-6(10(15)17-2)13-8(7)12-4-5(11)9(13)14/h4,6-7H,3,11H2,1-2H3. The fourth-order valence-electron chi connectivity index (χ4n) is 1.99. The lowest BCUT2D eigenvalue weighted by molar-refractivity contribution is -0.144. The van der Waals surface area contributed by atoms with E-state index in [1.165, 1.54) is 25.0 Å². The lowest BCUT2D eigenvalue weighted by Crippen LogP contribution is -2.30. The van der Waals surface area contributed by atoms with Crippen LogP contribution in [-0.4, -0.2) is 29.7 Å². The lowest BCUT2D eigenvalue weighted by atomic mass is 10.2. The molecule has 0 spiro atoms. The van der Waals surface area contributed by atoms with Gasteiger partial charge in [-0.2, -0.15) is 0 Å². The molecule has 0 saturated carbocycles. The van der Waals surface area contributed by atoms with Gasteiger partial charge in [-0.05, 0) is 0 Å². The van der Waals surface area contributed by atoms with E-state index >= 15 is 0 Å². The van der Waals surface area contributed by atoms with Crippen LogP contribution in [-0.2, 0) is 14.3 Å². The summed E-state index contributed by atoms with van der Waals surface area (Å²) in [5, 5.41) is 0. The first kappa shape index (κ1) is 11.6. The second-order valence-electron chi connectivity index (χ2n) is 3.75. The number of carbonyl (C=O) groups excluding carboxylic acids is 1. The van der Waals surface area contributed by atoms with Gasteiger partial charge in [-0.1, -0.05) is 0 Å². The van der Waals surface area contributed by atoms with Crippen molar-refractivity contribution in [1.29, 1.82) is 0 Å². The zero-order valence-corrected chi connectivity index (χ0v) is 9.54. The normalized spacial score (nSPS) is 22.2. The van der Waals surface area contributed by atoms with Crippen LogP contribution in [0.5, 0.6) is 0 Å². The van der Waals surface area contributed by atoms with Gasteiger partial charge in [-0.3, -0.25) is 9.36 Å². The molecule has 1 aliphatic heterocycles. The topological polar surface area (TPSA) is 96.4 Å². The predicted octanol–water partition coefficient (Wildman–Crippen LogP) is -0.369. The summed E-state index contributed by atoms with van der Waals surface area (Å²) < 4.78 is 11.1. The monoisotopic (exact) mass is 239 g/mol. The third kappa shape index (κ3) is 1.68. The number of nitrogens with zero attached hydrogens (tertiary/aromatic N) is 2. The number of nitrogens with two attached hydrogens (primary N) is 1. The van der Waals surface area contributed by atoms with E-state index in [4.69, 9.17) is 10.5 Å². The summed E-state index contributed by atoms with van der Waals surface area (Å²) >= 11 is 0. The summed E-state index contributed by atoms with van der Waals surface area (Å²) in [5.41, 5.74) is 5.05. The molecule has 0 amide bonds. The number of esters is 1. The molecule has 2 rings (SSSR count). The molecule has 0 aliphatic carbocycles. The van der Waals surface area contributed by atoms with Gasteiger partial charge >= 0.3 is 5.97 Å². The molecule has 0 aromatic carbocycles. The molecule has 1 aliphatic rings. The Morgan fingerprint density at radius 2 is 2.29 bits per heavy atom. The highest BCUT2D eigenvalue weighted by Crippen LogP contribution is 2.34. The maximum absolute atomic E-state index is 11.9. The number of fused-ring (bicyclic) bond motifs is 1. The van der Waals surface area contributed by atoms with E-state index in [1.54, 1.807) is 0 Å². The van der Waals surface area contributed by atoms with E-state index in [-0.39, 0.29) is 5.69 Å². The molecule has 2 atom stereocenters. The summed E-state index contributed by atoms with van der Waals surface area (Å²) in [6.45, 7) is 0. The summed E-state index contributed by atoms with van der Waals surface area (Å²) in [6, 6.07) is -0.719. The summed E-state index contributed by atoms with van der Waals surface area (Å²) in [5.74, 6) is -0.0950. The van der Waals surface area contributed by atoms with Crippen LogP contribution < -0.4 is 11.3 Å². The Labute approximate surface area is 97.2 Å². The van der Waals surface area contributed by atoms with E-state index in [0.29, 0.717) is 12.2 Å². The number of rotatable bonds is 2. The van der Waals surface area contributed by atoms with Crippen molar-refractivity contribution in [1.82, 2.24) is 9.55 Å². The quantitative estimate of drug-likeness (QED) is 0.707. The Hall–Kier alpha value is -1.89. The van der Waals surface area contributed by atoms with Gasteiger partial charge in [0.2, 0.25) is 0 Å². The van der Waals surface area contributed by atoms with Crippen molar-refractivity contribution in [2.75, 3.05) is 20.0 Å². The molecule has 0 saturated heterocycles. The number of nitrogen functional groups attached to an aromatic ring is 1. The zero-order valence-electron chi connectivity index (χ0n) is 9.54. The maximum atomic E-state index is 11.9. The van der Waals surface area contributed by atoms with Gasteiger partial charge in [-0.25, -0.2) is 9.78 Å². The van der Waals surface area contributed by atoms with E-state index < -0.39 is 23.7 Å². The van der Waals surface area contributed by atoms with Gasteiger partial charge in [0.15, 0.2) is 0 Å².